The Bertz CT molecular complexity index is 331. The lowest BCUT2D eigenvalue weighted by Gasteiger charge is -2.11. The van der Waals surface area contributed by atoms with E-state index >= 15 is 0 Å². The van der Waals surface area contributed by atoms with Crippen molar-refractivity contribution in [3.05, 3.63) is 29.3 Å². The van der Waals surface area contributed by atoms with Crippen LogP contribution in [0.25, 0.3) is 0 Å². The van der Waals surface area contributed by atoms with E-state index in [0.717, 1.165) is 12.1 Å². The number of methoxy groups -OCH3 is 1. The van der Waals surface area contributed by atoms with Crippen LogP contribution in [0.4, 0.5) is 8.78 Å². The SMILES string of the molecule is COc1cc(F)c([C@@H](N)CN)cc1F. The van der Waals surface area contributed by atoms with Crippen LogP contribution in [-0.2, 0) is 0 Å². The Balaban J connectivity index is 3.14. The van der Waals surface area contributed by atoms with Crippen LogP contribution in [0.5, 0.6) is 5.75 Å². The molecule has 1 aromatic rings. The van der Waals surface area contributed by atoms with Gasteiger partial charge < -0.3 is 16.2 Å². The largest absolute Gasteiger partial charge is 0.494 e. The van der Waals surface area contributed by atoms with Crippen molar-refractivity contribution < 1.29 is 13.5 Å². The summed E-state index contributed by atoms with van der Waals surface area (Å²) in [5, 5.41) is 0. The minimum atomic E-state index is -0.699. The molecular formula is C9H12F2N2O. The third-order valence-electron chi connectivity index (χ3n) is 1.92. The van der Waals surface area contributed by atoms with Gasteiger partial charge in [0.1, 0.15) is 5.82 Å². The fourth-order valence-corrected chi connectivity index (χ4v) is 1.11. The summed E-state index contributed by atoms with van der Waals surface area (Å²) in [5.74, 6) is -1.40. The lowest BCUT2D eigenvalue weighted by atomic mass is 10.1. The lowest BCUT2D eigenvalue weighted by molar-refractivity contribution is 0.381. The molecule has 0 aliphatic carbocycles. The molecule has 0 fully saturated rings. The van der Waals surface area contributed by atoms with Crippen molar-refractivity contribution in [2.45, 2.75) is 6.04 Å². The molecule has 0 radical (unpaired) electrons. The van der Waals surface area contributed by atoms with Crippen LogP contribution in [0.2, 0.25) is 0 Å². The van der Waals surface area contributed by atoms with Crippen molar-refractivity contribution in [1.82, 2.24) is 0 Å². The van der Waals surface area contributed by atoms with Crippen LogP contribution in [-0.4, -0.2) is 13.7 Å². The zero-order valence-corrected chi connectivity index (χ0v) is 7.76. The summed E-state index contributed by atoms with van der Waals surface area (Å²) in [4.78, 5) is 0. The van der Waals surface area contributed by atoms with E-state index in [1.807, 2.05) is 0 Å². The predicted octanol–water partition coefficient (Wildman–Crippen LogP) is 0.932. The van der Waals surface area contributed by atoms with Gasteiger partial charge in [-0.05, 0) is 6.07 Å². The van der Waals surface area contributed by atoms with Crippen LogP contribution in [0.15, 0.2) is 12.1 Å². The van der Waals surface area contributed by atoms with Gasteiger partial charge in [0.25, 0.3) is 0 Å². The first kappa shape index (κ1) is 10.9. The van der Waals surface area contributed by atoms with Crippen LogP contribution in [0.1, 0.15) is 11.6 Å². The Morgan fingerprint density at radius 2 is 2.00 bits per heavy atom. The normalized spacial score (nSPS) is 12.6. The molecule has 5 heteroatoms. The number of rotatable bonds is 3. The number of halogens is 2. The van der Waals surface area contributed by atoms with Gasteiger partial charge in [0, 0.05) is 24.2 Å². The van der Waals surface area contributed by atoms with Crippen LogP contribution < -0.4 is 16.2 Å². The fraction of sp³-hybridized carbons (Fsp3) is 0.333. The zero-order chi connectivity index (χ0) is 10.7. The van der Waals surface area contributed by atoms with Crippen molar-refractivity contribution in [2.24, 2.45) is 11.5 Å². The summed E-state index contributed by atoms with van der Waals surface area (Å²) in [7, 11) is 1.26. The van der Waals surface area contributed by atoms with Crippen LogP contribution in [0.3, 0.4) is 0 Å². The van der Waals surface area contributed by atoms with Crippen LogP contribution >= 0.6 is 0 Å². The molecule has 1 aromatic carbocycles. The van der Waals surface area contributed by atoms with Gasteiger partial charge in [-0.25, -0.2) is 8.78 Å². The monoisotopic (exact) mass is 202 g/mol. The number of nitrogens with two attached hydrogens (primary N) is 2. The predicted molar refractivity (Wildman–Crippen MR) is 48.9 cm³/mol. The molecule has 4 N–H and O–H groups in total. The van der Waals surface area contributed by atoms with Gasteiger partial charge in [0.2, 0.25) is 0 Å². The molecule has 0 aliphatic rings. The molecule has 0 bridgehead atoms. The molecule has 0 saturated carbocycles. The summed E-state index contributed by atoms with van der Waals surface area (Å²) < 4.78 is 31.0. The molecule has 1 rings (SSSR count). The van der Waals surface area contributed by atoms with E-state index < -0.39 is 17.7 Å². The Morgan fingerprint density at radius 1 is 1.36 bits per heavy atom. The summed E-state index contributed by atoms with van der Waals surface area (Å²) in [5.41, 5.74) is 10.8. The fourth-order valence-electron chi connectivity index (χ4n) is 1.11. The second-order valence-corrected chi connectivity index (χ2v) is 2.85. The second kappa shape index (κ2) is 4.34. The molecule has 1 atom stereocenters. The molecule has 0 aliphatic heterocycles. The smallest absolute Gasteiger partial charge is 0.165 e. The Labute approximate surface area is 80.7 Å². The van der Waals surface area contributed by atoms with E-state index in [2.05, 4.69) is 4.74 Å². The summed E-state index contributed by atoms with van der Waals surface area (Å²) >= 11 is 0. The first-order valence-electron chi connectivity index (χ1n) is 4.08. The maximum absolute atomic E-state index is 13.3. The maximum Gasteiger partial charge on any atom is 0.165 e. The number of hydrogen-bond acceptors (Lipinski definition) is 3. The summed E-state index contributed by atoms with van der Waals surface area (Å²) in [6.45, 7) is 0.0582. The van der Waals surface area contributed by atoms with E-state index in [1.165, 1.54) is 7.11 Å². The summed E-state index contributed by atoms with van der Waals surface area (Å²) in [6, 6.07) is 1.27. The lowest BCUT2D eigenvalue weighted by Crippen LogP contribution is -2.22. The van der Waals surface area contributed by atoms with Gasteiger partial charge in [0.05, 0.1) is 7.11 Å². The molecule has 14 heavy (non-hydrogen) atoms. The van der Waals surface area contributed by atoms with Crippen LogP contribution in [0, 0.1) is 11.6 Å². The van der Waals surface area contributed by atoms with E-state index in [1.54, 1.807) is 0 Å². The van der Waals surface area contributed by atoms with Gasteiger partial charge in [0.15, 0.2) is 11.6 Å². The van der Waals surface area contributed by atoms with Crippen molar-refractivity contribution in [2.75, 3.05) is 13.7 Å². The Hall–Kier alpha value is -1.20. The average Bonchev–Trinajstić information content (AvgIpc) is 2.19. The minimum absolute atomic E-state index is 0.0582. The molecule has 0 heterocycles. The maximum atomic E-state index is 13.3. The molecule has 3 nitrogen and oxygen atoms in total. The second-order valence-electron chi connectivity index (χ2n) is 2.85. The first-order chi connectivity index (χ1) is 6.60. The zero-order valence-electron chi connectivity index (χ0n) is 7.76. The first-order valence-corrected chi connectivity index (χ1v) is 4.08. The molecular weight excluding hydrogens is 190 g/mol. The molecule has 0 amide bonds. The van der Waals surface area contributed by atoms with E-state index in [0.29, 0.717) is 0 Å². The van der Waals surface area contributed by atoms with E-state index in [-0.39, 0.29) is 17.9 Å². The molecule has 0 aromatic heterocycles. The van der Waals surface area contributed by atoms with Crippen molar-refractivity contribution in [3.8, 4) is 5.75 Å². The van der Waals surface area contributed by atoms with Crippen molar-refractivity contribution >= 4 is 0 Å². The summed E-state index contributed by atoms with van der Waals surface area (Å²) in [6.07, 6.45) is 0. The van der Waals surface area contributed by atoms with Gasteiger partial charge >= 0.3 is 0 Å². The van der Waals surface area contributed by atoms with Gasteiger partial charge in [-0.1, -0.05) is 0 Å². The molecule has 0 unspecified atom stereocenters. The Morgan fingerprint density at radius 3 is 2.50 bits per heavy atom. The number of hydrogen-bond donors (Lipinski definition) is 2. The number of benzene rings is 1. The van der Waals surface area contributed by atoms with Gasteiger partial charge in [-0.2, -0.15) is 0 Å². The average molecular weight is 202 g/mol. The van der Waals surface area contributed by atoms with Gasteiger partial charge in [-0.3, -0.25) is 0 Å². The van der Waals surface area contributed by atoms with Crippen molar-refractivity contribution in [1.29, 1.82) is 0 Å². The van der Waals surface area contributed by atoms with E-state index in [4.69, 9.17) is 11.5 Å². The van der Waals surface area contributed by atoms with Crippen molar-refractivity contribution in [3.63, 3.8) is 0 Å². The molecule has 0 spiro atoms. The third-order valence-corrected chi connectivity index (χ3v) is 1.92. The molecule has 78 valence electrons. The highest BCUT2D eigenvalue weighted by atomic mass is 19.1. The third kappa shape index (κ3) is 2.00. The highest BCUT2D eigenvalue weighted by molar-refractivity contribution is 5.32. The standard InChI is InChI=1S/C9H12F2N2O/c1-14-9-3-6(10)5(2-7(9)11)8(13)4-12/h2-3,8H,4,12-13H2,1H3/t8-/m0/s1. The highest BCUT2D eigenvalue weighted by Gasteiger charge is 2.14. The van der Waals surface area contributed by atoms with E-state index in [9.17, 15) is 8.78 Å². The minimum Gasteiger partial charge on any atom is -0.494 e. The molecule has 0 saturated heterocycles. The highest BCUT2D eigenvalue weighted by Crippen LogP contribution is 2.23. The Kier molecular flexibility index (Phi) is 3.38. The number of ether oxygens (including phenoxy) is 1. The quantitative estimate of drug-likeness (QED) is 0.766. The van der Waals surface area contributed by atoms with Gasteiger partial charge in [-0.15, -0.1) is 0 Å². The topological polar surface area (TPSA) is 61.3 Å².